The van der Waals surface area contributed by atoms with Crippen LogP contribution >= 0.6 is 11.8 Å². The fraction of sp³-hybridized carbons (Fsp3) is 0.467. The van der Waals surface area contributed by atoms with Crippen molar-refractivity contribution in [1.29, 1.82) is 0 Å². The van der Waals surface area contributed by atoms with Gasteiger partial charge in [0.05, 0.1) is 6.42 Å². The molecular formula is C15H20N2O6S. The Morgan fingerprint density at radius 3 is 2.75 bits per heavy atom. The van der Waals surface area contributed by atoms with E-state index < -0.39 is 24.0 Å². The molecule has 1 aliphatic heterocycles. The minimum atomic E-state index is -0.826. The van der Waals surface area contributed by atoms with E-state index in [1.807, 2.05) is 6.26 Å². The molecule has 0 amide bonds. The van der Waals surface area contributed by atoms with E-state index in [1.165, 1.54) is 0 Å². The molecular weight excluding hydrogens is 336 g/mol. The van der Waals surface area contributed by atoms with Crippen molar-refractivity contribution in [2.45, 2.75) is 24.9 Å². The third-order valence-corrected chi connectivity index (χ3v) is 4.01. The highest BCUT2D eigenvalue weighted by Crippen LogP contribution is 2.34. The van der Waals surface area contributed by atoms with Gasteiger partial charge in [-0.1, -0.05) is 6.07 Å². The van der Waals surface area contributed by atoms with Crippen LogP contribution in [0.3, 0.4) is 0 Å². The smallest absolute Gasteiger partial charge is 0.372 e. The van der Waals surface area contributed by atoms with Gasteiger partial charge in [0.1, 0.15) is 6.04 Å². The lowest BCUT2D eigenvalue weighted by Gasteiger charge is -2.12. The van der Waals surface area contributed by atoms with Crippen LogP contribution in [-0.4, -0.2) is 36.8 Å². The van der Waals surface area contributed by atoms with Gasteiger partial charge in [-0.3, -0.25) is 0 Å². The monoisotopic (exact) mass is 356 g/mol. The molecule has 1 heterocycles. The average molecular weight is 356 g/mol. The summed E-state index contributed by atoms with van der Waals surface area (Å²) < 4.78 is 10.5. The number of carbonyl (C=O) groups is 2. The van der Waals surface area contributed by atoms with E-state index in [9.17, 15) is 9.59 Å². The lowest BCUT2D eigenvalue weighted by Crippen LogP contribution is -2.33. The first-order valence-corrected chi connectivity index (χ1v) is 8.71. The number of rotatable bonds is 7. The minimum Gasteiger partial charge on any atom is -0.454 e. The van der Waals surface area contributed by atoms with Crippen molar-refractivity contribution < 1.29 is 28.8 Å². The predicted octanol–water partition coefficient (Wildman–Crippen LogP) is 0.887. The molecule has 0 saturated carbocycles. The Balaban J connectivity index is 1.78. The molecule has 0 bridgehead atoms. The van der Waals surface area contributed by atoms with Crippen molar-refractivity contribution in [3.63, 3.8) is 0 Å². The van der Waals surface area contributed by atoms with Crippen molar-refractivity contribution in [3.8, 4) is 11.5 Å². The van der Waals surface area contributed by atoms with Crippen molar-refractivity contribution in [2.75, 3.05) is 18.8 Å². The molecule has 0 aliphatic carbocycles. The topological polar surface area (TPSA) is 123 Å². The van der Waals surface area contributed by atoms with Crippen LogP contribution in [0.5, 0.6) is 11.5 Å². The lowest BCUT2D eigenvalue weighted by molar-refractivity contribution is -0.260. The Morgan fingerprint density at radius 2 is 2.00 bits per heavy atom. The van der Waals surface area contributed by atoms with E-state index in [-0.39, 0.29) is 13.2 Å². The molecule has 2 rings (SSSR count). The number of thioether (sulfide) groups is 1. The van der Waals surface area contributed by atoms with Crippen LogP contribution < -0.4 is 20.9 Å². The summed E-state index contributed by atoms with van der Waals surface area (Å²) in [7, 11) is 0. The summed E-state index contributed by atoms with van der Waals surface area (Å²) in [6.07, 6.45) is 2.18. The maximum absolute atomic E-state index is 11.7. The number of hydrogen-bond donors (Lipinski definition) is 2. The molecule has 0 fully saturated rings. The Morgan fingerprint density at radius 1 is 1.25 bits per heavy atom. The van der Waals surface area contributed by atoms with Gasteiger partial charge in [-0.25, -0.2) is 19.4 Å². The van der Waals surface area contributed by atoms with Gasteiger partial charge < -0.3 is 20.9 Å². The summed E-state index contributed by atoms with van der Waals surface area (Å²) in [6, 6.07) is 3.69. The zero-order chi connectivity index (χ0) is 17.5. The highest BCUT2D eigenvalue weighted by Gasteiger charge is 2.21. The maximum atomic E-state index is 11.7. The molecule has 1 aliphatic rings. The third kappa shape index (κ3) is 5.02. The number of carbonyl (C=O) groups excluding carboxylic acids is 2. The molecule has 9 heteroatoms. The summed E-state index contributed by atoms with van der Waals surface area (Å²) in [6.45, 7) is 0.156. The summed E-state index contributed by atoms with van der Waals surface area (Å²) in [5.41, 5.74) is 12.2. The zero-order valence-corrected chi connectivity index (χ0v) is 14.0. The van der Waals surface area contributed by atoms with Gasteiger partial charge in [-0.05, 0) is 36.1 Å². The van der Waals surface area contributed by atoms with Crippen LogP contribution in [0.25, 0.3) is 0 Å². The summed E-state index contributed by atoms with van der Waals surface area (Å²) >= 11 is 1.55. The molecule has 8 nitrogen and oxygen atoms in total. The number of nitrogens with two attached hydrogens (primary N) is 2. The first-order chi connectivity index (χ1) is 11.5. The minimum absolute atomic E-state index is 0.156. The quantitative estimate of drug-likeness (QED) is 0.541. The second-order valence-electron chi connectivity index (χ2n) is 5.17. The normalized spacial score (nSPS) is 14.8. The molecule has 24 heavy (non-hydrogen) atoms. The van der Waals surface area contributed by atoms with Gasteiger partial charge in [0.2, 0.25) is 6.79 Å². The van der Waals surface area contributed by atoms with Crippen molar-refractivity contribution in [2.24, 2.45) is 11.5 Å². The number of benzene rings is 1. The van der Waals surface area contributed by atoms with Crippen LogP contribution in [0.2, 0.25) is 0 Å². The van der Waals surface area contributed by atoms with E-state index in [4.69, 9.17) is 20.9 Å². The van der Waals surface area contributed by atoms with Crippen LogP contribution in [0.4, 0.5) is 0 Å². The van der Waals surface area contributed by atoms with E-state index in [2.05, 4.69) is 9.78 Å². The molecule has 1 aromatic rings. The average Bonchev–Trinajstić information content (AvgIpc) is 3.04. The largest absolute Gasteiger partial charge is 0.454 e. The van der Waals surface area contributed by atoms with Gasteiger partial charge in [0.15, 0.2) is 11.5 Å². The number of fused-ring (bicyclic) bond motifs is 1. The molecule has 0 spiro atoms. The van der Waals surface area contributed by atoms with Crippen molar-refractivity contribution in [1.82, 2.24) is 0 Å². The maximum Gasteiger partial charge on any atom is 0.372 e. The van der Waals surface area contributed by atoms with E-state index in [1.54, 1.807) is 30.0 Å². The van der Waals surface area contributed by atoms with Crippen LogP contribution in [0.15, 0.2) is 18.2 Å². The zero-order valence-electron chi connectivity index (χ0n) is 13.2. The fourth-order valence-corrected chi connectivity index (χ4v) is 2.48. The Hall–Kier alpha value is -1.97. The molecule has 2 unspecified atom stereocenters. The van der Waals surface area contributed by atoms with Gasteiger partial charge in [-0.15, -0.1) is 0 Å². The van der Waals surface area contributed by atoms with Crippen LogP contribution in [0.1, 0.15) is 24.4 Å². The standard InChI is InChI=1S/C15H20N2O6S/c1-24-5-4-10(16)15(19)23-22-14(18)7-11(17)9-2-3-12-13(6-9)21-8-20-12/h2-3,6,10-11H,4-5,7-8,16-17H2,1H3. The highest BCUT2D eigenvalue weighted by molar-refractivity contribution is 7.98. The Kier molecular flexibility index (Phi) is 6.71. The van der Waals surface area contributed by atoms with Gasteiger partial charge in [-0.2, -0.15) is 11.8 Å². The molecule has 0 radical (unpaired) electrons. The predicted molar refractivity (Wildman–Crippen MR) is 87.3 cm³/mol. The Bertz CT molecular complexity index is 597. The molecule has 0 saturated heterocycles. The Labute approximate surface area is 143 Å². The van der Waals surface area contributed by atoms with Crippen molar-refractivity contribution in [3.05, 3.63) is 23.8 Å². The van der Waals surface area contributed by atoms with Crippen LogP contribution in [-0.2, 0) is 19.4 Å². The fourth-order valence-electron chi connectivity index (χ4n) is 1.99. The first-order valence-electron chi connectivity index (χ1n) is 7.32. The lowest BCUT2D eigenvalue weighted by atomic mass is 10.0. The van der Waals surface area contributed by atoms with Gasteiger partial charge >= 0.3 is 11.9 Å². The van der Waals surface area contributed by atoms with Crippen molar-refractivity contribution >= 4 is 23.7 Å². The number of hydrogen-bond acceptors (Lipinski definition) is 9. The van der Waals surface area contributed by atoms with E-state index in [0.29, 0.717) is 29.2 Å². The molecule has 2 atom stereocenters. The highest BCUT2D eigenvalue weighted by atomic mass is 32.2. The molecule has 0 aromatic heterocycles. The third-order valence-electron chi connectivity index (χ3n) is 3.36. The van der Waals surface area contributed by atoms with E-state index >= 15 is 0 Å². The second kappa shape index (κ2) is 8.76. The van der Waals surface area contributed by atoms with E-state index in [0.717, 1.165) is 0 Å². The summed E-state index contributed by atoms with van der Waals surface area (Å²) in [5, 5.41) is 0. The van der Waals surface area contributed by atoms with Gasteiger partial charge in [0.25, 0.3) is 0 Å². The second-order valence-corrected chi connectivity index (χ2v) is 6.15. The van der Waals surface area contributed by atoms with Crippen LogP contribution in [0, 0.1) is 0 Å². The molecule has 4 N–H and O–H groups in total. The summed E-state index contributed by atoms with van der Waals surface area (Å²) in [4.78, 5) is 32.2. The molecule has 1 aromatic carbocycles. The number of ether oxygens (including phenoxy) is 2. The molecule has 132 valence electrons. The first kappa shape index (κ1) is 18.4. The SMILES string of the molecule is CSCCC(N)C(=O)OOC(=O)CC(N)c1ccc2c(c1)OCO2. The summed E-state index contributed by atoms with van der Waals surface area (Å²) in [5.74, 6) is 0.364. The van der Waals surface area contributed by atoms with Gasteiger partial charge in [0, 0.05) is 6.04 Å².